The smallest absolute Gasteiger partial charge is 0.411 e. The molecule has 6 heteroatoms. The van der Waals surface area contributed by atoms with Gasteiger partial charge in [0, 0.05) is 16.8 Å². The maximum atomic E-state index is 12.0. The molecule has 1 aromatic heterocycles. The zero-order valence-electron chi connectivity index (χ0n) is 14.1. The topological polar surface area (TPSA) is 77.8 Å². The first-order valence-electron chi connectivity index (χ1n) is 7.92. The zero-order chi connectivity index (χ0) is 18.4. The molecule has 3 aromatic rings. The van der Waals surface area contributed by atoms with Crippen molar-refractivity contribution in [2.75, 3.05) is 12.4 Å². The Balaban J connectivity index is 1.78. The monoisotopic (exact) mass is 351 g/mol. The second-order valence-corrected chi connectivity index (χ2v) is 5.39. The summed E-state index contributed by atoms with van der Waals surface area (Å²) in [5.74, 6) is -0.524. The largest absolute Gasteiger partial charge is 0.463 e. The normalized spacial score (nSPS) is 10.2. The molecule has 0 unspecified atom stereocenters. The maximum Gasteiger partial charge on any atom is 0.411 e. The van der Waals surface area contributed by atoms with Gasteiger partial charge in [-0.2, -0.15) is 0 Å². The molecule has 0 aliphatic rings. The molecule has 0 spiro atoms. The van der Waals surface area contributed by atoms with Crippen molar-refractivity contribution in [3.8, 4) is 11.1 Å². The van der Waals surface area contributed by atoms with E-state index in [-0.39, 0.29) is 12.4 Å². The van der Waals surface area contributed by atoms with Crippen LogP contribution in [0.3, 0.4) is 0 Å². The highest BCUT2D eigenvalue weighted by molar-refractivity contribution is 5.95. The molecule has 0 aliphatic carbocycles. The number of hydrogen-bond donors (Lipinski definition) is 1. The minimum atomic E-state index is -0.601. The second-order valence-electron chi connectivity index (χ2n) is 5.39. The molecule has 1 heterocycles. The molecule has 2 aromatic carbocycles. The Hall–Kier alpha value is -3.54. The predicted molar refractivity (Wildman–Crippen MR) is 95.7 cm³/mol. The molecule has 6 nitrogen and oxygen atoms in total. The van der Waals surface area contributed by atoms with E-state index in [0.717, 1.165) is 5.56 Å². The first kappa shape index (κ1) is 17.3. The molecule has 0 atom stereocenters. The highest BCUT2D eigenvalue weighted by atomic mass is 16.6. The number of carbonyl (C=O) groups excluding carboxylic acids is 2. The van der Waals surface area contributed by atoms with E-state index in [2.05, 4.69) is 5.32 Å². The SMILES string of the molecule is COC(=O)c1occ(COC(=O)Nc2ccccc2)c1-c1ccccc1. The van der Waals surface area contributed by atoms with E-state index in [1.54, 1.807) is 12.1 Å². The predicted octanol–water partition coefficient (Wildman–Crippen LogP) is 4.48. The van der Waals surface area contributed by atoms with Crippen LogP contribution in [0.25, 0.3) is 11.1 Å². The summed E-state index contributed by atoms with van der Waals surface area (Å²) < 4.78 is 15.4. The number of nitrogens with one attached hydrogen (secondary N) is 1. The van der Waals surface area contributed by atoms with E-state index in [1.807, 2.05) is 48.5 Å². The number of esters is 1. The quantitative estimate of drug-likeness (QED) is 0.686. The molecular formula is C20H17NO5. The standard InChI is InChI=1S/C20H17NO5/c1-24-19(22)18-17(14-8-4-2-5-9-14)15(12-25-18)13-26-20(23)21-16-10-6-3-7-11-16/h2-12H,13H2,1H3,(H,21,23). The van der Waals surface area contributed by atoms with Gasteiger partial charge in [-0.1, -0.05) is 48.5 Å². The van der Waals surface area contributed by atoms with Crippen LogP contribution >= 0.6 is 0 Å². The summed E-state index contributed by atoms with van der Waals surface area (Å²) in [6.07, 6.45) is 0.792. The Bertz CT molecular complexity index is 887. The van der Waals surface area contributed by atoms with E-state index in [0.29, 0.717) is 16.8 Å². The minimum absolute atomic E-state index is 0.0522. The lowest BCUT2D eigenvalue weighted by atomic mass is 10.0. The number of carbonyl (C=O) groups is 2. The van der Waals surface area contributed by atoms with E-state index in [1.165, 1.54) is 13.4 Å². The number of hydrogen-bond acceptors (Lipinski definition) is 5. The van der Waals surface area contributed by atoms with Gasteiger partial charge in [-0.15, -0.1) is 0 Å². The number of benzene rings is 2. The van der Waals surface area contributed by atoms with Crippen molar-refractivity contribution in [3.63, 3.8) is 0 Å². The highest BCUT2D eigenvalue weighted by Gasteiger charge is 2.22. The molecule has 1 amide bonds. The third-order valence-electron chi connectivity index (χ3n) is 3.68. The summed E-state index contributed by atoms with van der Waals surface area (Å²) in [5, 5.41) is 2.63. The number of para-hydroxylation sites is 1. The number of anilines is 1. The third-order valence-corrected chi connectivity index (χ3v) is 3.68. The fraction of sp³-hybridized carbons (Fsp3) is 0.100. The molecule has 132 valence electrons. The second kappa shape index (κ2) is 8.02. The number of ether oxygens (including phenoxy) is 2. The van der Waals surface area contributed by atoms with Gasteiger partial charge in [0.25, 0.3) is 0 Å². The van der Waals surface area contributed by atoms with Crippen molar-refractivity contribution in [3.05, 3.63) is 78.3 Å². The van der Waals surface area contributed by atoms with Crippen molar-refractivity contribution in [2.45, 2.75) is 6.61 Å². The fourth-order valence-electron chi connectivity index (χ4n) is 2.48. The average Bonchev–Trinajstić information content (AvgIpc) is 3.11. The van der Waals surface area contributed by atoms with Crippen molar-refractivity contribution >= 4 is 17.7 Å². The summed E-state index contributed by atoms with van der Waals surface area (Å²) in [6.45, 7) is -0.0522. The van der Waals surface area contributed by atoms with Gasteiger partial charge < -0.3 is 13.9 Å². The lowest BCUT2D eigenvalue weighted by molar-refractivity contribution is 0.0566. The molecule has 0 fully saturated rings. The van der Waals surface area contributed by atoms with E-state index in [4.69, 9.17) is 13.9 Å². The van der Waals surface area contributed by atoms with Gasteiger partial charge in [-0.3, -0.25) is 5.32 Å². The first-order chi connectivity index (χ1) is 12.7. The highest BCUT2D eigenvalue weighted by Crippen LogP contribution is 2.30. The Kier molecular flexibility index (Phi) is 5.34. The lowest BCUT2D eigenvalue weighted by Gasteiger charge is -2.08. The molecule has 26 heavy (non-hydrogen) atoms. The van der Waals surface area contributed by atoms with E-state index < -0.39 is 12.1 Å². The van der Waals surface area contributed by atoms with Crippen LogP contribution in [0.1, 0.15) is 16.1 Å². The van der Waals surface area contributed by atoms with Crippen LogP contribution in [0.4, 0.5) is 10.5 Å². The molecule has 3 rings (SSSR count). The maximum absolute atomic E-state index is 12.0. The number of amides is 1. The third kappa shape index (κ3) is 3.92. The molecule has 0 bridgehead atoms. The Morgan fingerprint density at radius 3 is 2.31 bits per heavy atom. The van der Waals surface area contributed by atoms with Gasteiger partial charge in [0.1, 0.15) is 6.61 Å². The van der Waals surface area contributed by atoms with E-state index in [9.17, 15) is 9.59 Å². The average molecular weight is 351 g/mol. The minimum Gasteiger partial charge on any atom is -0.463 e. The molecule has 0 aliphatic heterocycles. The summed E-state index contributed by atoms with van der Waals surface area (Å²) in [5.41, 5.74) is 2.51. The van der Waals surface area contributed by atoms with Crippen molar-refractivity contribution in [1.29, 1.82) is 0 Å². The zero-order valence-corrected chi connectivity index (χ0v) is 14.1. The van der Waals surface area contributed by atoms with Crippen molar-refractivity contribution in [1.82, 2.24) is 0 Å². The Labute approximate surface area is 150 Å². The molecule has 0 saturated carbocycles. The molecule has 1 N–H and O–H groups in total. The van der Waals surface area contributed by atoms with Gasteiger partial charge in [-0.05, 0) is 17.7 Å². The van der Waals surface area contributed by atoms with Gasteiger partial charge >= 0.3 is 12.1 Å². The molecule has 0 saturated heterocycles. The van der Waals surface area contributed by atoms with Crippen LogP contribution in [0.15, 0.2) is 71.3 Å². The summed E-state index contributed by atoms with van der Waals surface area (Å²) in [4.78, 5) is 23.9. The fourth-order valence-corrected chi connectivity index (χ4v) is 2.48. The summed E-state index contributed by atoms with van der Waals surface area (Å²) in [7, 11) is 1.28. The summed E-state index contributed by atoms with van der Waals surface area (Å²) >= 11 is 0. The Morgan fingerprint density at radius 1 is 1.00 bits per heavy atom. The number of methoxy groups -OCH3 is 1. The van der Waals surface area contributed by atoms with Crippen LogP contribution in [0.5, 0.6) is 0 Å². The van der Waals surface area contributed by atoms with E-state index >= 15 is 0 Å². The van der Waals surface area contributed by atoms with Crippen LogP contribution < -0.4 is 5.32 Å². The van der Waals surface area contributed by atoms with Crippen LogP contribution in [0, 0.1) is 0 Å². The summed E-state index contributed by atoms with van der Waals surface area (Å²) in [6, 6.07) is 18.2. The molecular weight excluding hydrogens is 334 g/mol. The van der Waals surface area contributed by atoms with Gasteiger partial charge in [0.05, 0.1) is 13.4 Å². The van der Waals surface area contributed by atoms with Crippen LogP contribution in [-0.4, -0.2) is 19.2 Å². The van der Waals surface area contributed by atoms with Crippen molar-refractivity contribution < 1.29 is 23.5 Å². The number of furan rings is 1. The van der Waals surface area contributed by atoms with Crippen molar-refractivity contribution in [2.24, 2.45) is 0 Å². The Morgan fingerprint density at radius 2 is 1.65 bits per heavy atom. The van der Waals surface area contributed by atoms with Gasteiger partial charge in [0.2, 0.25) is 5.76 Å². The van der Waals surface area contributed by atoms with Gasteiger partial charge in [-0.25, -0.2) is 9.59 Å². The van der Waals surface area contributed by atoms with Gasteiger partial charge in [0.15, 0.2) is 0 Å². The van der Waals surface area contributed by atoms with Crippen LogP contribution in [-0.2, 0) is 16.1 Å². The first-order valence-corrected chi connectivity index (χ1v) is 7.92. The lowest BCUT2D eigenvalue weighted by Crippen LogP contribution is -2.13. The number of rotatable bonds is 5. The molecule has 0 radical (unpaired) electrons. The van der Waals surface area contributed by atoms with Crippen LogP contribution in [0.2, 0.25) is 0 Å².